The van der Waals surface area contributed by atoms with Crippen LogP contribution in [0.1, 0.15) is 0 Å². The topological polar surface area (TPSA) is 30.9 Å². The van der Waals surface area contributed by atoms with Gasteiger partial charge in [0.15, 0.2) is 0 Å². The summed E-state index contributed by atoms with van der Waals surface area (Å²) in [5.41, 5.74) is 5.36. The average Bonchev–Trinajstić information content (AvgIpc) is 1.91. The monoisotopic (exact) mass is 160 g/mol. The predicted molar refractivity (Wildman–Crippen MR) is 33.2 cm³/mol. The molecule has 38 valence electrons. The third-order valence-electron chi connectivity index (χ3n) is 0.731. The van der Waals surface area contributed by atoms with Crippen LogP contribution in [0.5, 0.6) is 0 Å². The second-order valence-corrected chi connectivity index (χ2v) is 2.01. The van der Waals surface area contributed by atoms with E-state index in [9.17, 15) is 0 Å². The number of aromatic nitrogens is 1. The van der Waals surface area contributed by atoms with Crippen LogP contribution in [-0.2, 0) is 0 Å². The zero-order valence-corrected chi connectivity index (χ0v) is 5.22. The molecule has 3 heteroatoms. The van der Waals surface area contributed by atoms with Gasteiger partial charge in [0.05, 0.1) is 16.1 Å². The molecular formula is C4H5BrN2. The molecule has 0 aromatic carbocycles. The molecule has 2 nitrogen and oxygen atoms in total. The first-order valence-electron chi connectivity index (χ1n) is 1.89. The molecule has 0 unspecified atom stereocenters. The number of rotatable bonds is 0. The van der Waals surface area contributed by atoms with Gasteiger partial charge in [-0.2, -0.15) is 0 Å². The lowest BCUT2D eigenvalue weighted by atomic mass is 10.6. The van der Waals surface area contributed by atoms with E-state index < -0.39 is 0 Å². The van der Waals surface area contributed by atoms with E-state index in [4.69, 9.17) is 5.73 Å². The summed E-state index contributed by atoms with van der Waals surface area (Å²) in [6.07, 6.45) is 1.83. The molecule has 0 saturated carbocycles. The third-order valence-corrected chi connectivity index (χ3v) is 1.38. The first-order valence-corrected chi connectivity index (χ1v) is 2.60. The van der Waals surface area contributed by atoms with Crippen LogP contribution in [0.25, 0.3) is 0 Å². The molecule has 0 atom stereocenters. The minimum Gasteiger partial charge on any atom is -0.384 e. The molecule has 0 radical (unpaired) electrons. The van der Waals surface area contributed by atoms with Gasteiger partial charge in [0, 0.05) is 6.20 Å². The van der Waals surface area contributed by atoms with Gasteiger partial charge in [0.2, 0.25) is 0 Å². The van der Waals surface area contributed by atoms with Gasteiger partial charge in [-0.3, -0.25) is 3.59 Å². The number of nitrogens with two attached hydrogens (primary N) is 1. The fourth-order valence-corrected chi connectivity index (χ4v) is 0.629. The van der Waals surface area contributed by atoms with Crippen LogP contribution < -0.4 is 5.73 Å². The largest absolute Gasteiger partial charge is 0.384 e. The fraction of sp³-hybridized carbons (Fsp3) is 0. The van der Waals surface area contributed by atoms with E-state index in [2.05, 4.69) is 16.1 Å². The van der Waals surface area contributed by atoms with Gasteiger partial charge < -0.3 is 5.73 Å². The highest BCUT2D eigenvalue weighted by Crippen LogP contribution is 2.05. The SMILES string of the molecule is Nc1cccn1Br. The molecule has 0 spiro atoms. The molecule has 1 aromatic rings. The maximum Gasteiger partial charge on any atom is 0.113 e. The Balaban J connectivity index is 3.12. The Bertz CT molecular complexity index is 142. The smallest absolute Gasteiger partial charge is 0.113 e. The molecule has 1 aromatic heterocycles. The first kappa shape index (κ1) is 4.71. The lowest BCUT2D eigenvalue weighted by Gasteiger charge is -1.86. The Morgan fingerprint density at radius 2 is 2.43 bits per heavy atom. The molecule has 0 bridgehead atoms. The fourth-order valence-electron chi connectivity index (χ4n) is 0.374. The highest BCUT2D eigenvalue weighted by molar-refractivity contribution is 9.08. The molecule has 0 aliphatic carbocycles. The van der Waals surface area contributed by atoms with E-state index in [-0.39, 0.29) is 0 Å². The van der Waals surface area contributed by atoms with Crippen molar-refractivity contribution in [3.05, 3.63) is 18.3 Å². The first-order chi connectivity index (χ1) is 3.30. The second-order valence-electron chi connectivity index (χ2n) is 1.24. The van der Waals surface area contributed by atoms with Crippen molar-refractivity contribution in [2.45, 2.75) is 0 Å². The Hall–Kier alpha value is -0.440. The minimum absolute atomic E-state index is 0.722. The summed E-state index contributed by atoms with van der Waals surface area (Å²) in [7, 11) is 0. The van der Waals surface area contributed by atoms with Crippen LogP contribution >= 0.6 is 16.1 Å². The van der Waals surface area contributed by atoms with Crippen LogP contribution in [-0.4, -0.2) is 3.59 Å². The van der Waals surface area contributed by atoms with E-state index in [0.29, 0.717) is 0 Å². The average molecular weight is 161 g/mol. The van der Waals surface area contributed by atoms with Gasteiger partial charge in [-0.1, -0.05) is 0 Å². The summed E-state index contributed by atoms with van der Waals surface area (Å²) in [6, 6.07) is 3.68. The van der Waals surface area contributed by atoms with Crippen LogP contribution in [0, 0.1) is 0 Å². The maximum atomic E-state index is 5.36. The number of anilines is 1. The number of nitrogen functional groups attached to an aromatic ring is 1. The predicted octanol–water partition coefficient (Wildman–Crippen LogP) is 1.23. The molecule has 2 N–H and O–H groups in total. The zero-order chi connectivity index (χ0) is 5.28. The standard InChI is InChI=1S/C4H5BrN2/c5-7-3-1-2-4(7)6/h1-3H,6H2. The highest BCUT2D eigenvalue weighted by Gasteiger charge is 1.84. The summed E-state index contributed by atoms with van der Waals surface area (Å²) in [5.74, 6) is 0.722. The van der Waals surface area contributed by atoms with Crippen molar-refractivity contribution >= 4 is 22.0 Å². The Morgan fingerprint density at radius 1 is 1.71 bits per heavy atom. The van der Waals surface area contributed by atoms with Gasteiger partial charge in [-0.05, 0) is 12.1 Å². The number of halogens is 1. The van der Waals surface area contributed by atoms with E-state index in [0.717, 1.165) is 5.82 Å². The highest BCUT2D eigenvalue weighted by atomic mass is 79.9. The van der Waals surface area contributed by atoms with Crippen molar-refractivity contribution in [1.29, 1.82) is 0 Å². The van der Waals surface area contributed by atoms with Crippen molar-refractivity contribution in [3.8, 4) is 0 Å². The summed E-state index contributed by atoms with van der Waals surface area (Å²) < 4.78 is 1.67. The van der Waals surface area contributed by atoms with Gasteiger partial charge in [0.1, 0.15) is 5.82 Å². The van der Waals surface area contributed by atoms with Gasteiger partial charge in [0.25, 0.3) is 0 Å². The van der Waals surface area contributed by atoms with E-state index in [1.165, 1.54) is 0 Å². The summed E-state index contributed by atoms with van der Waals surface area (Å²) >= 11 is 3.16. The molecule has 7 heavy (non-hydrogen) atoms. The van der Waals surface area contributed by atoms with Crippen LogP contribution in [0.2, 0.25) is 0 Å². The molecule has 1 rings (SSSR count). The maximum absolute atomic E-state index is 5.36. The van der Waals surface area contributed by atoms with Crippen LogP contribution in [0.3, 0.4) is 0 Å². The van der Waals surface area contributed by atoms with E-state index >= 15 is 0 Å². The zero-order valence-electron chi connectivity index (χ0n) is 3.63. The molecule has 1 heterocycles. The van der Waals surface area contributed by atoms with Gasteiger partial charge >= 0.3 is 0 Å². The van der Waals surface area contributed by atoms with Crippen LogP contribution in [0.4, 0.5) is 5.82 Å². The molecule has 0 aliphatic heterocycles. The van der Waals surface area contributed by atoms with Gasteiger partial charge in [-0.15, -0.1) is 0 Å². The number of hydrogen-bond donors (Lipinski definition) is 1. The van der Waals surface area contributed by atoms with Crippen molar-refractivity contribution in [1.82, 2.24) is 3.59 Å². The van der Waals surface area contributed by atoms with Crippen LogP contribution in [0.15, 0.2) is 18.3 Å². The normalized spacial score (nSPS) is 9.29. The Labute approximate surface area is 50.3 Å². The van der Waals surface area contributed by atoms with Crippen molar-refractivity contribution in [2.75, 3.05) is 5.73 Å². The minimum atomic E-state index is 0.722. The Kier molecular flexibility index (Phi) is 1.06. The van der Waals surface area contributed by atoms with Crippen molar-refractivity contribution in [2.24, 2.45) is 0 Å². The van der Waals surface area contributed by atoms with Crippen molar-refractivity contribution in [3.63, 3.8) is 0 Å². The Morgan fingerprint density at radius 3 is 2.57 bits per heavy atom. The lowest BCUT2D eigenvalue weighted by molar-refractivity contribution is 1.33. The molecule has 0 amide bonds. The second kappa shape index (κ2) is 1.58. The van der Waals surface area contributed by atoms with E-state index in [1.807, 2.05) is 18.3 Å². The van der Waals surface area contributed by atoms with E-state index in [1.54, 1.807) is 3.59 Å². The summed E-state index contributed by atoms with van der Waals surface area (Å²) in [4.78, 5) is 0. The third kappa shape index (κ3) is 0.771. The molecule has 0 aliphatic rings. The summed E-state index contributed by atoms with van der Waals surface area (Å²) in [5, 5.41) is 0. The van der Waals surface area contributed by atoms with Crippen molar-refractivity contribution < 1.29 is 0 Å². The summed E-state index contributed by atoms with van der Waals surface area (Å²) in [6.45, 7) is 0. The van der Waals surface area contributed by atoms with Gasteiger partial charge in [-0.25, -0.2) is 0 Å². The molecule has 0 fully saturated rings. The number of nitrogens with zero attached hydrogens (tertiary/aromatic N) is 1. The molecular weight excluding hydrogens is 156 g/mol. The molecule has 0 saturated heterocycles. The lowest BCUT2D eigenvalue weighted by Crippen LogP contribution is -1.86. The number of hydrogen-bond acceptors (Lipinski definition) is 1. The quantitative estimate of drug-likeness (QED) is 0.609.